The minimum atomic E-state index is -0.491. The molecule has 6 nitrogen and oxygen atoms in total. The lowest BCUT2D eigenvalue weighted by atomic mass is 10.1. The van der Waals surface area contributed by atoms with Crippen LogP contribution >= 0.6 is 11.6 Å². The van der Waals surface area contributed by atoms with Gasteiger partial charge in [0.2, 0.25) is 5.91 Å². The molecule has 1 aromatic heterocycles. The number of hydrogen-bond acceptors (Lipinski definition) is 5. The molecule has 2 aromatic carbocycles. The minimum absolute atomic E-state index is 0.135. The third kappa shape index (κ3) is 4.86. The molecule has 0 spiro atoms. The summed E-state index contributed by atoms with van der Waals surface area (Å²) >= 11 is 5.98. The highest BCUT2D eigenvalue weighted by Gasteiger charge is 2.14. The molecule has 8 heteroatoms. The summed E-state index contributed by atoms with van der Waals surface area (Å²) in [7, 11) is 0. The Morgan fingerprint density at radius 2 is 1.83 bits per heavy atom. The highest BCUT2D eigenvalue weighted by Crippen LogP contribution is 2.24. The van der Waals surface area contributed by atoms with Crippen LogP contribution in [0.25, 0.3) is 0 Å². The van der Waals surface area contributed by atoms with Crippen molar-refractivity contribution in [2.24, 2.45) is 0 Å². The summed E-state index contributed by atoms with van der Waals surface area (Å²) in [6.45, 7) is 2.08. The number of nitrogens with one attached hydrogen (secondary N) is 2. The zero-order valence-corrected chi connectivity index (χ0v) is 17.0. The molecule has 0 bridgehead atoms. The van der Waals surface area contributed by atoms with Crippen molar-refractivity contribution in [2.45, 2.75) is 19.3 Å². The average molecular weight is 426 g/mol. The average Bonchev–Trinajstić information content (AvgIpc) is 3.28. The summed E-state index contributed by atoms with van der Waals surface area (Å²) < 4.78 is 13.8. The number of hydrogen-bond donors (Lipinski definition) is 2. The first-order valence-electron chi connectivity index (χ1n) is 9.76. The Morgan fingerprint density at radius 3 is 2.57 bits per heavy atom. The van der Waals surface area contributed by atoms with Gasteiger partial charge in [-0.05, 0) is 49.2 Å². The Kier molecular flexibility index (Phi) is 6.09. The van der Waals surface area contributed by atoms with E-state index in [-0.39, 0.29) is 22.9 Å². The van der Waals surface area contributed by atoms with Crippen LogP contribution in [-0.4, -0.2) is 29.2 Å². The molecule has 1 aliphatic heterocycles. The number of benzene rings is 2. The second-order valence-electron chi connectivity index (χ2n) is 7.12. The largest absolute Gasteiger partial charge is 0.370 e. The number of carbonyl (C=O) groups excluding carboxylic acids is 1. The van der Waals surface area contributed by atoms with Gasteiger partial charge in [-0.1, -0.05) is 17.7 Å². The van der Waals surface area contributed by atoms with Gasteiger partial charge in [0, 0.05) is 41.1 Å². The van der Waals surface area contributed by atoms with E-state index in [2.05, 4.69) is 25.7 Å². The van der Waals surface area contributed by atoms with Crippen LogP contribution < -0.4 is 15.5 Å². The van der Waals surface area contributed by atoms with Gasteiger partial charge in [0.25, 0.3) is 0 Å². The molecule has 1 aliphatic rings. The third-order valence-electron chi connectivity index (χ3n) is 4.95. The van der Waals surface area contributed by atoms with Crippen LogP contribution in [0.1, 0.15) is 18.4 Å². The van der Waals surface area contributed by atoms with Crippen molar-refractivity contribution < 1.29 is 9.18 Å². The number of anilines is 4. The zero-order valence-electron chi connectivity index (χ0n) is 16.2. The first-order valence-corrected chi connectivity index (χ1v) is 10.1. The van der Waals surface area contributed by atoms with Crippen LogP contribution in [0.5, 0.6) is 0 Å². The topological polar surface area (TPSA) is 70.2 Å². The Balaban J connectivity index is 1.37. The van der Waals surface area contributed by atoms with Gasteiger partial charge in [-0.2, -0.15) is 5.10 Å². The SMILES string of the molecule is O=C(Cc1c(F)cccc1Cl)Nc1ccc(Nc2cc(N3CCCC3)cnn2)cc1. The van der Waals surface area contributed by atoms with Crippen LogP contribution in [0.15, 0.2) is 54.7 Å². The highest BCUT2D eigenvalue weighted by molar-refractivity contribution is 6.31. The zero-order chi connectivity index (χ0) is 20.9. The Bertz CT molecular complexity index is 1020. The lowest BCUT2D eigenvalue weighted by Gasteiger charge is -2.17. The molecule has 2 N–H and O–H groups in total. The monoisotopic (exact) mass is 425 g/mol. The van der Waals surface area contributed by atoms with Gasteiger partial charge in [0.1, 0.15) is 5.82 Å². The van der Waals surface area contributed by atoms with E-state index < -0.39 is 5.82 Å². The molecule has 30 heavy (non-hydrogen) atoms. The standard InChI is InChI=1S/C22H21ClFN5O/c23-19-4-3-5-20(24)18(19)13-22(30)27-16-8-6-15(7-9-16)26-21-12-17(14-25-28-21)29-10-1-2-11-29/h3-9,12,14H,1-2,10-11,13H2,(H,26,28)(H,27,30). The molecule has 1 fully saturated rings. The summed E-state index contributed by atoms with van der Waals surface area (Å²) in [5, 5.41) is 14.4. The van der Waals surface area contributed by atoms with Crippen molar-refractivity contribution >= 4 is 40.4 Å². The molecule has 3 aromatic rings. The van der Waals surface area contributed by atoms with Crippen molar-refractivity contribution in [1.29, 1.82) is 0 Å². The van der Waals surface area contributed by atoms with E-state index in [1.165, 1.54) is 25.0 Å². The molecule has 4 rings (SSSR count). The smallest absolute Gasteiger partial charge is 0.228 e. The predicted octanol–water partition coefficient (Wildman–Crippen LogP) is 4.79. The molecule has 0 saturated carbocycles. The van der Waals surface area contributed by atoms with E-state index in [4.69, 9.17) is 11.6 Å². The molecule has 2 heterocycles. The number of nitrogens with zero attached hydrogens (tertiary/aromatic N) is 3. The van der Waals surface area contributed by atoms with Gasteiger partial charge < -0.3 is 15.5 Å². The molecule has 0 radical (unpaired) electrons. The van der Waals surface area contributed by atoms with Gasteiger partial charge >= 0.3 is 0 Å². The lowest BCUT2D eigenvalue weighted by Crippen LogP contribution is -2.18. The van der Waals surface area contributed by atoms with Gasteiger partial charge in [0.15, 0.2) is 5.82 Å². The molecule has 0 unspecified atom stereocenters. The second-order valence-corrected chi connectivity index (χ2v) is 7.53. The Labute approximate surface area is 179 Å². The van der Waals surface area contributed by atoms with Crippen LogP contribution in [0.4, 0.5) is 27.3 Å². The van der Waals surface area contributed by atoms with E-state index in [1.54, 1.807) is 24.4 Å². The lowest BCUT2D eigenvalue weighted by molar-refractivity contribution is -0.115. The quantitative estimate of drug-likeness (QED) is 0.594. The number of rotatable bonds is 6. The Hall–Kier alpha value is -3.19. The normalized spacial score (nSPS) is 13.3. The number of carbonyl (C=O) groups is 1. The second kappa shape index (κ2) is 9.09. The number of aromatic nitrogens is 2. The number of halogens is 2. The summed E-state index contributed by atoms with van der Waals surface area (Å²) in [5.41, 5.74) is 2.67. The molecule has 0 atom stereocenters. The molecule has 154 valence electrons. The Morgan fingerprint density at radius 1 is 1.10 bits per heavy atom. The van der Waals surface area contributed by atoms with Gasteiger partial charge in [-0.25, -0.2) is 4.39 Å². The fourth-order valence-electron chi connectivity index (χ4n) is 3.42. The molecule has 1 amide bonds. The van der Waals surface area contributed by atoms with E-state index in [1.807, 2.05) is 18.2 Å². The van der Waals surface area contributed by atoms with Crippen molar-refractivity contribution in [3.8, 4) is 0 Å². The van der Waals surface area contributed by atoms with Gasteiger partial charge in [-0.3, -0.25) is 4.79 Å². The van der Waals surface area contributed by atoms with Gasteiger partial charge in [-0.15, -0.1) is 5.10 Å². The van der Waals surface area contributed by atoms with Crippen LogP contribution in [0.2, 0.25) is 5.02 Å². The van der Waals surface area contributed by atoms with E-state index >= 15 is 0 Å². The summed E-state index contributed by atoms with van der Waals surface area (Å²) in [6, 6.07) is 13.5. The molecular formula is C22H21ClFN5O. The summed E-state index contributed by atoms with van der Waals surface area (Å²) in [5.74, 6) is -0.174. The van der Waals surface area contributed by atoms with Crippen molar-refractivity contribution in [3.05, 3.63) is 71.1 Å². The van der Waals surface area contributed by atoms with E-state index in [0.29, 0.717) is 11.5 Å². The van der Waals surface area contributed by atoms with E-state index in [0.717, 1.165) is 24.5 Å². The molecule has 1 saturated heterocycles. The fraction of sp³-hybridized carbons (Fsp3) is 0.227. The predicted molar refractivity (Wildman–Crippen MR) is 117 cm³/mol. The van der Waals surface area contributed by atoms with Crippen molar-refractivity contribution in [1.82, 2.24) is 10.2 Å². The maximum absolute atomic E-state index is 13.8. The van der Waals surface area contributed by atoms with Crippen LogP contribution in [0.3, 0.4) is 0 Å². The first-order chi connectivity index (χ1) is 14.6. The minimum Gasteiger partial charge on any atom is -0.370 e. The van der Waals surface area contributed by atoms with Crippen molar-refractivity contribution in [3.63, 3.8) is 0 Å². The number of amides is 1. The summed E-state index contributed by atoms with van der Waals surface area (Å²) in [6.07, 6.45) is 4.03. The maximum atomic E-state index is 13.8. The third-order valence-corrected chi connectivity index (χ3v) is 5.31. The summed E-state index contributed by atoms with van der Waals surface area (Å²) in [4.78, 5) is 14.5. The van der Waals surface area contributed by atoms with E-state index in [9.17, 15) is 9.18 Å². The van der Waals surface area contributed by atoms with Crippen LogP contribution in [0, 0.1) is 5.82 Å². The van der Waals surface area contributed by atoms with Gasteiger partial charge in [0.05, 0.1) is 18.3 Å². The van der Waals surface area contributed by atoms with Crippen LogP contribution in [-0.2, 0) is 11.2 Å². The first kappa shape index (κ1) is 20.1. The maximum Gasteiger partial charge on any atom is 0.228 e. The molecular weight excluding hydrogens is 405 g/mol. The molecule has 0 aliphatic carbocycles. The fourth-order valence-corrected chi connectivity index (χ4v) is 3.65. The highest BCUT2D eigenvalue weighted by atomic mass is 35.5. The van der Waals surface area contributed by atoms with Crippen molar-refractivity contribution in [2.75, 3.05) is 28.6 Å².